The van der Waals surface area contributed by atoms with E-state index in [2.05, 4.69) is 56.2 Å². The molecule has 0 saturated carbocycles. The van der Waals surface area contributed by atoms with E-state index in [9.17, 15) is 5.26 Å². The zero-order chi connectivity index (χ0) is 32.5. The lowest BCUT2D eigenvalue weighted by Crippen LogP contribution is -2.22. The van der Waals surface area contributed by atoms with Gasteiger partial charge in [-0.25, -0.2) is 0 Å². The molecule has 0 fully saturated rings. The molecular formula is C37H30ClN7O2. The molecule has 0 unspecified atom stereocenters. The van der Waals surface area contributed by atoms with Gasteiger partial charge in [0.2, 0.25) is 0 Å². The summed E-state index contributed by atoms with van der Waals surface area (Å²) >= 11 is 7.37. The molecule has 0 saturated heterocycles. The molecule has 0 spiro atoms. The molecule has 0 aliphatic carbocycles. The zero-order valence-corrected chi connectivity index (χ0v) is 26.8. The molecular weight excluding hydrogens is 610 g/mol. The summed E-state index contributed by atoms with van der Waals surface area (Å²) in [5.41, 5.74) is 8.71. The highest BCUT2D eigenvalue weighted by molar-refractivity contribution is 6.36. The quantitative estimate of drug-likeness (QED) is 0.159. The van der Waals surface area contributed by atoms with E-state index >= 15 is 0 Å². The summed E-state index contributed by atoms with van der Waals surface area (Å²) in [6, 6.07) is 26.3. The highest BCUT2D eigenvalue weighted by Gasteiger charge is 2.21. The van der Waals surface area contributed by atoms with Gasteiger partial charge in [0.1, 0.15) is 17.8 Å². The van der Waals surface area contributed by atoms with Gasteiger partial charge < -0.3 is 18.9 Å². The van der Waals surface area contributed by atoms with Crippen molar-refractivity contribution in [3.63, 3.8) is 0 Å². The predicted molar refractivity (Wildman–Crippen MR) is 183 cm³/mol. The molecule has 9 nitrogen and oxygen atoms in total. The first-order valence-electron chi connectivity index (χ1n) is 15.0. The number of hydrogen-bond donors (Lipinski definition) is 0. The molecule has 47 heavy (non-hydrogen) atoms. The molecule has 0 atom stereocenters. The summed E-state index contributed by atoms with van der Waals surface area (Å²) in [6.07, 6.45) is 9.31. The summed E-state index contributed by atoms with van der Waals surface area (Å²) in [4.78, 5) is 6.92. The molecule has 0 aliphatic heterocycles. The van der Waals surface area contributed by atoms with Crippen LogP contribution in [0.2, 0.25) is 5.02 Å². The van der Waals surface area contributed by atoms with Gasteiger partial charge in [0.25, 0.3) is 0 Å². The Bertz CT molecular complexity index is 2220. The maximum atomic E-state index is 9.94. The molecule has 4 aromatic heterocycles. The molecule has 7 rings (SSSR count). The normalized spacial score (nSPS) is 11.1. The van der Waals surface area contributed by atoms with E-state index in [1.807, 2.05) is 72.2 Å². The van der Waals surface area contributed by atoms with Crippen molar-refractivity contribution in [2.24, 2.45) is 0 Å². The van der Waals surface area contributed by atoms with Gasteiger partial charge in [-0.3, -0.25) is 9.38 Å². The highest BCUT2D eigenvalue weighted by Crippen LogP contribution is 2.41. The Morgan fingerprint density at radius 1 is 0.851 bits per heavy atom. The maximum absolute atomic E-state index is 9.94. The second-order valence-corrected chi connectivity index (χ2v) is 11.6. The van der Waals surface area contributed by atoms with Crippen LogP contribution in [-0.2, 0) is 13.1 Å². The molecule has 0 N–H and O–H groups in total. The Balaban J connectivity index is 1.37. The number of fused-ring (bicyclic) bond motifs is 2. The lowest BCUT2D eigenvalue weighted by atomic mass is 10.0. The van der Waals surface area contributed by atoms with Crippen molar-refractivity contribution in [3.8, 4) is 34.4 Å². The average molecular weight is 640 g/mol. The fourth-order valence-electron chi connectivity index (χ4n) is 5.85. The zero-order valence-electron chi connectivity index (χ0n) is 26.1. The maximum Gasteiger partial charge on any atom is 0.160 e. The SMILES string of the molecule is COc1ccc(CN(Cc2ccc(OC)cc2)c2cncc(-c3cn(-c4ccc5nncn5c4)c4cc(C)c(C#N)cc34)c2Cl)cc1. The van der Waals surface area contributed by atoms with E-state index in [-0.39, 0.29) is 0 Å². The van der Waals surface area contributed by atoms with Crippen LogP contribution in [0.4, 0.5) is 5.69 Å². The molecule has 232 valence electrons. The van der Waals surface area contributed by atoms with Gasteiger partial charge in [0.05, 0.1) is 54.0 Å². The molecule has 0 radical (unpaired) electrons. The topological polar surface area (TPSA) is 93.5 Å². The first-order valence-corrected chi connectivity index (χ1v) is 15.3. The molecule has 0 bridgehead atoms. The first-order chi connectivity index (χ1) is 22.9. The van der Waals surface area contributed by atoms with Gasteiger partial charge >= 0.3 is 0 Å². The van der Waals surface area contributed by atoms with E-state index in [4.69, 9.17) is 26.1 Å². The van der Waals surface area contributed by atoms with Gasteiger partial charge in [-0.05, 0) is 72.1 Å². The first kappa shape index (κ1) is 29.8. The average Bonchev–Trinajstić information content (AvgIpc) is 3.72. The third-order valence-electron chi connectivity index (χ3n) is 8.38. The van der Waals surface area contributed by atoms with Crippen LogP contribution in [0.3, 0.4) is 0 Å². The van der Waals surface area contributed by atoms with Crippen molar-refractivity contribution < 1.29 is 9.47 Å². The number of hydrogen-bond acceptors (Lipinski definition) is 7. The number of pyridine rings is 2. The van der Waals surface area contributed by atoms with Gasteiger partial charge in [0.15, 0.2) is 5.65 Å². The summed E-state index contributed by atoms with van der Waals surface area (Å²) in [7, 11) is 3.32. The number of aromatic nitrogens is 5. The summed E-state index contributed by atoms with van der Waals surface area (Å²) in [5, 5.41) is 19.6. The Labute approximate surface area is 276 Å². The Hall–Kier alpha value is -5.85. The molecule has 7 aromatic rings. The number of nitriles is 1. The number of methoxy groups -OCH3 is 2. The van der Waals surface area contributed by atoms with Crippen LogP contribution in [0.15, 0.2) is 104 Å². The van der Waals surface area contributed by atoms with Crippen LogP contribution in [0.5, 0.6) is 11.5 Å². The fourth-order valence-corrected chi connectivity index (χ4v) is 6.17. The van der Waals surface area contributed by atoms with Gasteiger partial charge in [-0.15, -0.1) is 10.2 Å². The molecule has 0 amide bonds. The van der Waals surface area contributed by atoms with Crippen LogP contribution < -0.4 is 14.4 Å². The van der Waals surface area contributed by atoms with Crippen molar-refractivity contribution in [1.29, 1.82) is 5.26 Å². The van der Waals surface area contributed by atoms with Crippen LogP contribution in [0, 0.1) is 18.3 Å². The van der Waals surface area contributed by atoms with E-state index in [1.165, 1.54) is 0 Å². The third kappa shape index (κ3) is 5.71. The lowest BCUT2D eigenvalue weighted by molar-refractivity contribution is 0.414. The standard InChI is InChI=1S/C37H30ClN7O2/c1-24-14-34-31(15-27(24)16-39)33(22-45(34)28-8-13-36-42-41-23-44(36)21-28)32-17-40-18-35(37(32)38)43(19-25-4-9-29(46-2)10-5-25)20-26-6-11-30(47-3)12-7-26/h4-15,17-18,21-23H,19-20H2,1-3H3. The number of benzene rings is 3. The lowest BCUT2D eigenvalue weighted by Gasteiger charge is -2.27. The molecule has 4 heterocycles. The van der Waals surface area contributed by atoms with Gasteiger partial charge in [-0.1, -0.05) is 35.9 Å². The van der Waals surface area contributed by atoms with Gasteiger partial charge in [0, 0.05) is 48.2 Å². The Morgan fingerprint density at radius 3 is 2.17 bits per heavy atom. The minimum atomic E-state index is 0.564. The van der Waals surface area contributed by atoms with E-state index in [0.717, 1.165) is 67.2 Å². The van der Waals surface area contributed by atoms with Crippen LogP contribution in [0.25, 0.3) is 33.4 Å². The highest BCUT2D eigenvalue weighted by atomic mass is 35.5. The number of halogens is 1. The number of nitrogens with zero attached hydrogens (tertiary/aromatic N) is 7. The summed E-state index contributed by atoms with van der Waals surface area (Å²) < 4.78 is 14.8. The smallest absolute Gasteiger partial charge is 0.160 e. The fraction of sp³-hybridized carbons (Fsp3) is 0.135. The second kappa shape index (κ2) is 12.5. The number of aryl methyl sites for hydroxylation is 1. The monoisotopic (exact) mass is 639 g/mol. The van der Waals surface area contributed by atoms with Crippen molar-refractivity contribution in [3.05, 3.63) is 131 Å². The Morgan fingerprint density at radius 2 is 1.53 bits per heavy atom. The van der Waals surface area contributed by atoms with Crippen molar-refractivity contribution >= 4 is 33.8 Å². The number of anilines is 1. The summed E-state index contributed by atoms with van der Waals surface area (Å²) in [6.45, 7) is 3.11. The molecule has 3 aromatic carbocycles. The van der Waals surface area contributed by atoms with E-state index in [1.54, 1.807) is 26.7 Å². The van der Waals surface area contributed by atoms with E-state index in [0.29, 0.717) is 23.7 Å². The number of ether oxygens (including phenoxy) is 2. The number of rotatable bonds is 9. The largest absolute Gasteiger partial charge is 0.497 e. The van der Waals surface area contributed by atoms with Crippen LogP contribution >= 0.6 is 11.6 Å². The van der Waals surface area contributed by atoms with Crippen molar-refractivity contribution in [2.45, 2.75) is 20.0 Å². The van der Waals surface area contributed by atoms with Gasteiger partial charge in [-0.2, -0.15) is 5.26 Å². The van der Waals surface area contributed by atoms with Crippen molar-refractivity contribution in [1.82, 2.24) is 24.1 Å². The second-order valence-electron chi connectivity index (χ2n) is 11.3. The van der Waals surface area contributed by atoms with Crippen molar-refractivity contribution in [2.75, 3.05) is 19.1 Å². The summed E-state index contributed by atoms with van der Waals surface area (Å²) in [5.74, 6) is 1.59. The minimum absolute atomic E-state index is 0.564. The molecule has 10 heteroatoms. The third-order valence-corrected chi connectivity index (χ3v) is 8.78. The van der Waals surface area contributed by atoms with Crippen LogP contribution in [0.1, 0.15) is 22.3 Å². The van der Waals surface area contributed by atoms with Crippen LogP contribution in [-0.4, -0.2) is 38.4 Å². The molecule has 0 aliphatic rings. The minimum Gasteiger partial charge on any atom is -0.497 e. The van der Waals surface area contributed by atoms with E-state index < -0.39 is 0 Å². The Kier molecular flexibility index (Phi) is 7.94. The predicted octanol–water partition coefficient (Wildman–Crippen LogP) is 7.79.